The molecule has 1 aliphatic heterocycles. The van der Waals surface area contributed by atoms with E-state index in [2.05, 4.69) is 5.32 Å². The predicted octanol–water partition coefficient (Wildman–Crippen LogP) is 3.08. The van der Waals surface area contributed by atoms with E-state index in [1.54, 1.807) is 6.07 Å². The molecule has 0 radical (unpaired) electrons. The van der Waals surface area contributed by atoms with Crippen LogP contribution in [0.5, 0.6) is 0 Å². The van der Waals surface area contributed by atoms with Crippen LogP contribution < -0.4 is 5.32 Å². The molecule has 0 unspecified atom stereocenters. The highest BCUT2D eigenvalue weighted by atomic mass is 32.2. The molecule has 0 spiro atoms. The van der Waals surface area contributed by atoms with E-state index in [1.807, 2.05) is 44.2 Å². The second-order valence-corrected chi connectivity index (χ2v) is 10.1. The number of amides is 1. The summed E-state index contributed by atoms with van der Waals surface area (Å²) in [5.41, 5.74) is 2.26. The lowest BCUT2D eigenvalue weighted by atomic mass is 9.97. The normalized spacial score (nSPS) is 16.5. The van der Waals surface area contributed by atoms with Crippen LogP contribution in [0.1, 0.15) is 28.8 Å². The maximum absolute atomic E-state index is 12.7. The van der Waals surface area contributed by atoms with Crippen molar-refractivity contribution < 1.29 is 13.2 Å². The van der Waals surface area contributed by atoms with E-state index in [1.165, 1.54) is 15.6 Å². The van der Waals surface area contributed by atoms with Gasteiger partial charge in [0.25, 0.3) is 10.0 Å². The molecule has 26 heavy (non-hydrogen) atoms. The van der Waals surface area contributed by atoms with Gasteiger partial charge in [-0.25, -0.2) is 8.42 Å². The number of piperidine rings is 1. The van der Waals surface area contributed by atoms with E-state index in [4.69, 9.17) is 0 Å². The fourth-order valence-electron chi connectivity index (χ4n) is 3.17. The average Bonchev–Trinajstić information content (AvgIpc) is 3.08. The quantitative estimate of drug-likeness (QED) is 0.850. The Kier molecular flexibility index (Phi) is 5.79. The first kappa shape index (κ1) is 19.1. The third-order valence-electron chi connectivity index (χ3n) is 4.85. The maximum atomic E-state index is 12.7. The van der Waals surface area contributed by atoms with Gasteiger partial charge in [-0.15, -0.1) is 11.3 Å². The predicted molar refractivity (Wildman–Crippen MR) is 104 cm³/mol. The Morgan fingerprint density at radius 3 is 2.46 bits per heavy atom. The summed E-state index contributed by atoms with van der Waals surface area (Å²) in [6.45, 7) is 5.22. The highest BCUT2D eigenvalue weighted by molar-refractivity contribution is 7.91. The number of nitrogens with one attached hydrogen (secondary N) is 1. The molecule has 1 saturated heterocycles. The number of hydrogen-bond donors (Lipinski definition) is 1. The zero-order chi connectivity index (χ0) is 18.7. The minimum absolute atomic E-state index is 0.0114. The van der Waals surface area contributed by atoms with Crippen LogP contribution in [-0.4, -0.2) is 31.7 Å². The molecule has 2 heterocycles. The smallest absolute Gasteiger partial charge is 0.252 e. The van der Waals surface area contributed by atoms with Gasteiger partial charge in [0.2, 0.25) is 5.91 Å². The van der Waals surface area contributed by atoms with Crippen molar-refractivity contribution in [2.75, 3.05) is 13.1 Å². The van der Waals surface area contributed by atoms with Crippen LogP contribution in [0.3, 0.4) is 0 Å². The van der Waals surface area contributed by atoms with E-state index in [0.29, 0.717) is 36.7 Å². The summed E-state index contributed by atoms with van der Waals surface area (Å²) in [4.78, 5) is 13.4. The van der Waals surface area contributed by atoms with Gasteiger partial charge < -0.3 is 5.32 Å². The third-order valence-corrected chi connectivity index (χ3v) is 8.22. The molecule has 0 aliphatic carbocycles. The summed E-state index contributed by atoms with van der Waals surface area (Å²) in [7, 11) is -3.43. The average molecular weight is 393 g/mol. The van der Waals surface area contributed by atoms with Crippen molar-refractivity contribution in [3.8, 4) is 0 Å². The van der Waals surface area contributed by atoms with Gasteiger partial charge >= 0.3 is 0 Å². The molecule has 1 N–H and O–H groups in total. The highest BCUT2D eigenvalue weighted by Gasteiger charge is 2.32. The summed E-state index contributed by atoms with van der Waals surface area (Å²) in [6.07, 6.45) is 1.12. The number of benzene rings is 1. The van der Waals surface area contributed by atoms with Crippen LogP contribution in [-0.2, 0) is 21.4 Å². The van der Waals surface area contributed by atoms with Crippen molar-refractivity contribution >= 4 is 27.3 Å². The van der Waals surface area contributed by atoms with E-state index in [-0.39, 0.29) is 11.8 Å². The molecular weight excluding hydrogens is 368 g/mol. The first-order valence-corrected chi connectivity index (χ1v) is 11.0. The van der Waals surface area contributed by atoms with Crippen LogP contribution in [0.2, 0.25) is 0 Å². The molecule has 7 heteroatoms. The van der Waals surface area contributed by atoms with Gasteiger partial charge in [0, 0.05) is 30.4 Å². The molecule has 3 rings (SSSR count). The van der Waals surface area contributed by atoms with E-state index >= 15 is 0 Å². The van der Waals surface area contributed by atoms with Gasteiger partial charge in [-0.2, -0.15) is 4.31 Å². The molecule has 140 valence electrons. The Bertz CT molecular complexity index is 882. The fraction of sp³-hybridized carbons (Fsp3) is 0.421. The molecule has 1 aliphatic rings. The van der Waals surface area contributed by atoms with Gasteiger partial charge in [-0.05, 0) is 49.9 Å². The SMILES string of the molecule is Cc1ccc(S(=O)(=O)N2CCC(C(=O)NCc3ccccc3C)CC2)s1. The summed E-state index contributed by atoms with van der Waals surface area (Å²) >= 11 is 1.29. The zero-order valence-corrected chi connectivity index (χ0v) is 16.7. The van der Waals surface area contributed by atoms with E-state index < -0.39 is 10.0 Å². The van der Waals surface area contributed by atoms with Crippen molar-refractivity contribution in [1.29, 1.82) is 0 Å². The summed E-state index contributed by atoms with van der Waals surface area (Å²) in [5.74, 6) is -0.118. The second kappa shape index (κ2) is 7.90. The van der Waals surface area contributed by atoms with Crippen molar-refractivity contribution in [2.24, 2.45) is 5.92 Å². The number of rotatable bonds is 5. The largest absolute Gasteiger partial charge is 0.352 e. The molecule has 0 atom stereocenters. The Labute approximate surface area is 159 Å². The molecule has 2 aromatic rings. The van der Waals surface area contributed by atoms with Crippen molar-refractivity contribution in [3.05, 3.63) is 52.4 Å². The van der Waals surface area contributed by atoms with Gasteiger partial charge in [-0.3, -0.25) is 4.79 Å². The van der Waals surface area contributed by atoms with E-state index in [9.17, 15) is 13.2 Å². The molecule has 0 bridgehead atoms. The van der Waals surface area contributed by atoms with Gasteiger partial charge in [0.15, 0.2) is 0 Å². The first-order chi connectivity index (χ1) is 12.4. The molecule has 1 aromatic carbocycles. The Morgan fingerprint density at radius 1 is 1.15 bits per heavy atom. The summed E-state index contributed by atoms with van der Waals surface area (Å²) in [6, 6.07) is 11.5. The number of nitrogens with zero attached hydrogens (tertiary/aromatic N) is 1. The number of carbonyl (C=O) groups is 1. The lowest BCUT2D eigenvalue weighted by molar-refractivity contribution is -0.126. The minimum Gasteiger partial charge on any atom is -0.352 e. The second-order valence-electron chi connectivity index (χ2n) is 6.69. The van der Waals surface area contributed by atoms with Gasteiger partial charge in [-0.1, -0.05) is 24.3 Å². The van der Waals surface area contributed by atoms with Crippen LogP contribution in [0.4, 0.5) is 0 Å². The summed E-state index contributed by atoms with van der Waals surface area (Å²) < 4.78 is 27.2. The zero-order valence-electron chi connectivity index (χ0n) is 15.1. The van der Waals surface area contributed by atoms with Crippen LogP contribution in [0, 0.1) is 19.8 Å². The lowest BCUT2D eigenvalue weighted by Crippen LogP contribution is -2.42. The van der Waals surface area contributed by atoms with Crippen molar-refractivity contribution in [1.82, 2.24) is 9.62 Å². The number of thiophene rings is 1. The Hall–Kier alpha value is -1.70. The Morgan fingerprint density at radius 2 is 1.85 bits per heavy atom. The standard InChI is InChI=1S/C19H24N2O3S2/c1-14-5-3-4-6-17(14)13-20-19(22)16-9-11-21(12-10-16)26(23,24)18-8-7-15(2)25-18/h3-8,16H,9-13H2,1-2H3,(H,20,22). The molecule has 0 saturated carbocycles. The molecule has 5 nitrogen and oxygen atoms in total. The molecule has 1 aromatic heterocycles. The van der Waals surface area contributed by atoms with Gasteiger partial charge in [0.05, 0.1) is 0 Å². The van der Waals surface area contributed by atoms with Crippen molar-refractivity contribution in [2.45, 2.75) is 37.4 Å². The molecular formula is C19H24N2O3S2. The minimum atomic E-state index is -3.43. The lowest BCUT2D eigenvalue weighted by Gasteiger charge is -2.30. The first-order valence-electron chi connectivity index (χ1n) is 8.77. The Balaban J connectivity index is 1.55. The maximum Gasteiger partial charge on any atom is 0.252 e. The van der Waals surface area contributed by atoms with Crippen LogP contribution >= 0.6 is 11.3 Å². The van der Waals surface area contributed by atoms with Crippen LogP contribution in [0.15, 0.2) is 40.6 Å². The van der Waals surface area contributed by atoms with Crippen LogP contribution in [0.25, 0.3) is 0 Å². The molecule has 1 amide bonds. The number of carbonyl (C=O) groups excluding carboxylic acids is 1. The van der Waals surface area contributed by atoms with Gasteiger partial charge in [0.1, 0.15) is 4.21 Å². The number of hydrogen-bond acceptors (Lipinski definition) is 4. The summed E-state index contributed by atoms with van der Waals surface area (Å²) in [5, 5.41) is 2.99. The third kappa shape index (κ3) is 4.16. The molecule has 1 fully saturated rings. The fourth-order valence-corrected chi connectivity index (χ4v) is 6.08. The highest BCUT2D eigenvalue weighted by Crippen LogP contribution is 2.28. The van der Waals surface area contributed by atoms with E-state index in [0.717, 1.165) is 16.0 Å². The monoisotopic (exact) mass is 392 g/mol. The topological polar surface area (TPSA) is 66.5 Å². The number of aryl methyl sites for hydroxylation is 2. The van der Waals surface area contributed by atoms with Crippen molar-refractivity contribution in [3.63, 3.8) is 0 Å². The number of sulfonamides is 1.